The normalized spacial score (nSPS) is 10.0. The molecule has 0 saturated carbocycles. The molecule has 0 aliphatic heterocycles. The van der Waals surface area contributed by atoms with E-state index in [0.717, 1.165) is 6.54 Å². The van der Waals surface area contributed by atoms with Crippen molar-refractivity contribution in [2.24, 2.45) is 0 Å². The molecule has 0 aromatic heterocycles. The molecule has 0 N–H and O–H groups in total. The molecule has 6 heavy (non-hydrogen) atoms. The lowest BCUT2D eigenvalue weighted by molar-refractivity contribution is 0.418. The molecule has 2 heteroatoms. The molecule has 0 spiro atoms. The Kier molecular flexibility index (Phi) is 3.08. The summed E-state index contributed by atoms with van der Waals surface area (Å²) in [5.74, 6) is 0. The highest BCUT2D eigenvalue weighted by Crippen LogP contribution is 1.65. The Morgan fingerprint density at radius 1 is 1.50 bits per heavy atom. The van der Waals surface area contributed by atoms with Crippen molar-refractivity contribution < 1.29 is 0 Å². The van der Waals surface area contributed by atoms with E-state index in [9.17, 15) is 0 Å². The van der Waals surface area contributed by atoms with Crippen LogP contribution >= 0.6 is 0 Å². The first-order valence-electron chi connectivity index (χ1n) is 2.03. The molecule has 36 valence electrons. The lowest BCUT2D eigenvalue weighted by atomic mass is 10.6. The van der Waals surface area contributed by atoms with Gasteiger partial charge in [-0.15, -0.1) is 5.73 Å². The molecule has 2 nitrogen and oxygen atoms in total. The van der Waals surface area contributed by atoms with Gasteiger partial charge in [-0.05, 0) is 14.1 Å². The molecule has 0 bridgehead atoms. The number of hydrogen-bond acceptors (Lipinski definition) is 1. The summed E-state index contributed by atoms with van der Waals surface area (Å²) in [6.45, 7) is 1.02. The summed E-state index contributed by atoms with van der Waals surface area (Å²) in [6.07, 6.45) is 0. The summed E-state index contributed by atoms with van der Waals surface area (Å²) in [6, 6.07) is 0. The second-order valence-corrected chi connectivity index (χ2v) is 1.53. The molecular formula is C4H10N2. The van der Waals surface area contributed by atoms with Crippen molar-refractivity contribution in [3.8, 4) is 0 Å². The maximum Gasteiger partial charge on any atom is 0.0449 e. The standard InChI is InChI=1S/C4H10N2/c1-6(2)4-3-5/h3-4H2,1-2H3. The monoisotopic (exact) mass is 86.1 g/mol. The summed E-state index contributed by atoms with van der Waals surface area (Å²) >= 11 is 0. The van der Waals surface area contributed by atoms with Crippen LogP contribution in [-0.4, -0.2) is 32.1 Å². The number of rotatable bonds is 2. The van der Waals surface area contributed by atoms with E-state index in [1.807, 2.05) is 19.0 Å². The molecular weight excluding hydrogens is 76.1 g/mol. The van der Waals surface area contributed by atoms with Gasteiger partial charge in [-0.2, -0.15) is 0 Å². The summed E-state index contributed by atoms with van der Waals surface area (Å²) in [5.41, 5.74) is 8.20. The van der Waals surface area contributed by atoms with Crippen LogP contribution in [0.2, 0.25) is 0 Å². The van der Waals surface area contributed by atoms with E-state index in [4.69, 9.17) is 5.73 Å². The highest BCUT2D eigenvalue weighted by atomic mass is 15.1. The van der Waals surface area contributed by atoms with Gasteiger partial charge in [-0.1, -0.05) is 0 Å². The van der Waals surface area contributed by atoms with Gasteiger partial charge in [0.25, 0.3) is 0 Å². The molecule has 0 aromatic rings. The van der Waals surface area contributed by atoms with Crippen LogP contribution in [0.3, 0.4) is 0 Å². The third-order valence-corrected chi connectivity index (χ3v) is 0.547. The molecule has 0 heterocycles. The van der Waals surface area contributed by atoms with Crippen molar-refractivity contribution in [3.05, 3.63) is 0 Å². The van der Waals surface area contributed by atoms with Gasteiger partial charge in [0.15, 0.2) is 0 Å². The average molecular weight is 86.1 g/mol. The van der Waals surface area contributed by atoms with E-state index < -0.39 is 0 Å². The zero-order valence-corrected chi connectivity index (χ0v) is 4.31. The zero-order chi connectivity index (χ0) is 4.99. The summed E-state index contributed by atoms with van der Waals surface area (Å²) in [4.78, 5) is 1.93. The second kappa shape index (κ2) is 3.12. The maximum atomic E-state index is 8.20. The van der Waals surface area contributed by atoms with Crippen molar-refractivity contribution in [1.82, 2.24) is 10.6 Å². The fourth-order valence-corrected chi connectivity index (χ4v) is 0.200. The number of nitrogens with zero attached hydrogens (tertiary/aromatic N) is 2. The average Bonchev–Trinajstić information content (AvgIpc) is 1.35. The molecule has 0 aliphatic carbocycles. The quantitative estimate of drug-likeness (QED) is 0.449. The summed E-state index contributed by atoms with van der Waals surface area (Å²) in [5, 5.41) is 0. The summed E-state index contributed by atoms with van der Waals surface area (Å²) in [7, 11) is 3.85. The van der Waals surface area contributed by atoms with Crippen molar-refractivity contribution in [2.75, 3.05) is 27.2 Å². The lowest BCUT2D eigenvalue weighted by Crippen LogP contribution is -2.16. The Bertz CT molecular complexity index is 26.7. The largest absolute Gasteiger partial charge is 0.308 e. The van der Waals surface area contributed by atoms with Crippen LogP contribution in [0.15, 0.2) is 0 Å². The Labute approximate surface area is 38.9 Å². The van der Waals surface area contributed by atoms with Gasteiger partial charge in [-0.3, -0.25) is 0 Å². The van der Waals surface area contributed by atoms with Crippen LogP contribution in [0, 0.1) is 0 Å². The third-order valence-electron chi connectivity index (χ3n) is 0.547. The first-order valence-corrected chi connectivity index (χ1v) is 2.03. The Morgan fingerprint density at radius 2 is 2.00 bits per heavy atom. The van der Waals surface area contributed by atoms with Crippen LogP contribution < -0.4 is 5.73 Å². The highest BCUT2D eigenvalue weighted by molar-refractivity contribution is 4.38. The molecule has 0 rings (SSSR count). The van der Waals surface area contributed by atoms with E-state index in [-0.39, 0.29) is 6.54 Å². The molecule has 0 fully saturated rings. The maximum absolute atomic E-state index is 8.20. The van der Waals surface area contributed by atoms with Gasteiger partial charge in [0.1, 0.15) is 0 Å². The topological polar surface area (TPSA) is 25.5 Å². The minimum atomic E-state index is 0.257. The molecule has 2 radical (unpaired) electrons. The predicted molar refractivity (Wildman–Crippen MR) is 25.6 cm³/mol. The van der Waals surface area contributed by atoms with Gasteiger partial charge in [0.2, 0.25) is 0 Å². The number of hydrogen-bond donors (Lipinski definition) is 0. The summed E-state index contributed by atoms with van der Waals surface area (Å²) < 4.78 is 0. The van der Waals surface area contributed by atoms with Gasteiger partial charge >= 0.3 is 0 Å². The molecule has 0 atom stereocenters. The third kappa shape index (κ3) is 3.92. The van der Waals surface area contributed by atoms with E-state index in [1.54, 1.807) is 0 Å². The van der Waals surface area contributed by atoms with Crippen molar-refractivity contribution >= 4 is 0 Å². The van der Waals surface area contributed by atoms with E-state index >= 15 is 0 Å². The van der Waals surface area contributed by atoms with Crippen LogP contribution in [0.25, 0.3) is 0 Å². The van der Waals surface area contributed by atoms with Gasteiger partial charge in [-0.25, -0.2) is 0 Å². The lowest BCUT2D eigenvalue weighted by Gasteiger charge is -2.02. The highest BCUT2D eigenvalue weighted by Gasteiger charge is 1.81. The number of likely N-dealkylation sites (N-methyl/N-ethyl adjacent to an activating group) is 1. The first-order chi connectivity index (χ1) is 2.77. The van der Waals surface area contributed by atoms with Crippen molar-refractivity contribution in [1.29, 1.82) is 0 Å². The fourth-order valence-electron chi connectivity index (χ4n) is 0.200. The Balaban J connectivity index is 2.63. The Morgan fingerprint density at radius 3 is 2.00 bits per heavy atom. The van der Waals surface area contributed by atoms with Crippen molar-refractivity contribution in [3.63, 3.8) is 0 Å². The van der Waals surface area contributed by atoms with Crippen LogP contribution in [0.5, 0.6) is 0 Å². The fraction of sp³-hybridized carbons (Fsp3) is 1.00. The minimum Gasteiger partial charge on any atom is -0.308 e. The van der Waals surface area contributed by atoms with E-state index in [2.05, 4.69) is 0 Å². The predicted octanol–water partition coefficient (Wildman–Crippen LogP) is -0.383. The van der Waals surface area contributed by atoms with Crippen LogP contribution in [0.4, 0.5) is 0 Å². The van der Waals surface area contributed by atoms with Crippen LogP contribution in [-0.2, 0) is 0 Å². The van der Waals surface area contributed by atoms with Crippen LogP contribution in [0.1, 0.15) is 0 Å². The Hall–Kier alpha value is -0.0800. The molecule has 0 aromatic carbocycles. The van der Waals surface area contributed by atoms with E-state index in [1.165, 1.54) is 0 Å². The molecule has 0 unspecified atom stereocenters. The first kappa shape index (κ1) is 5.92. The SMILES string of the molecule is CN(C)CC[N]. The van der Waals surface area contributed by atoms with Gasteiger partial charge in [0.05, 0.1) is 0 Å². The van der Waals surface area contributed by atoms with Crippen molar-refractivity contribution in [2.45, 2.75) is 0 Å². The zero-order valence-electron chi connectivity index (χ0n) is 4.31. The van der Waals surface area contributed by atoms with Gasteiger partial charge in [0, 0.05) is 13.1 Å². The van der Waals surface area contributed by atoms with Gasteiger partial charge < -0.3 is 4.90 Å². The smallest absolute Gasteiger partial charge is 0.0449 e. The molecule has 0 saturated heterocycles. The minimum absolute atomic E-state index is 0.257. The molecule has 0 aliphatic rings. The second-order valence-electron chi connectivity index (χ2n) is 1.53. The van der Waals surface area contributed by atoms with E-state index in [0.29, 0.717) is 0 Å². The molecule has 0 amide bonds.